The molecule has 2 aromatic rings. The summed E-state index contributed by atoms with van der Waals surface area (Å²) in [6.45, 7) is 6.14. The van der Waals surface area contributed by atoms with E-state index < -0.39 is 27.7 Å². The molecule has 1 atom stereocenters. The normalized spacial score (nSPS) is 12.3. The van der Waals surface area contributed by atoms with Gasteiger partial charge in [-0.3, -0.25) is 13.9 Å². The number of hydrogen-bond acceptors (Lipinski definition) is 4. The van der Waals surface area contributed by atoms with Gasteiger partial charge < -0.3 is 10.2 Å². The first-order valence-corrected chi connectivity index (χ1v) is 14.2. The third-order valence-corrected chi connectivity index (χ3v) is 7.18. The zero-order chi connectivity index (χ0) is 27.0. The Kier molecular flexibility index (Phi) is 10.8. The number of halogens is 3. The van der Waals surface area contributed by atoms with Gasteiger partial charge in [0.1, 0.15) is 6.04 Å². The number of hydrogen-bond donors (Lipinski definition) is 1. The monoisotopic (exact) mass is 587 g/mol. The molecule has 0 fully saturated rings. The summed E-state index contributed by atoms with van der Waals surface area (Å²) in [5.74, 6) is -2.62. The highest BCUT2D eigenvalue weighted by molar-refractivity contribution is 9.10. The van der Waals surface area contributed by atoms with E-state index in [1.165, 1.54) is 11.0 Å². The number of carbonyl (C=O) groups is 2. The minimum absolute atomic E-state index is 0.0306. The Balaban J connectivity index is 2.17. The molecule has 0 aliphatic heterocycles. The fourth-order valence-electron chi connectivity index (χ4n) is 3.47. The lowest BCUT2D eigenvalue weighted by molar-refractivity contribution is -0.140. The second kappa shape index (κ2) is 13.1. The van der Waals surface area contributed by atoms with Gasteiger partial charge >= 0.3 is 0 Å². The maximum atomic E-state index is 13.7. The van der Waals surface area contributed by atoms with Crippen LogP contribution in [-0.4, -0.2) is 50.5 Å². The molecule has 0 saturated heterocycles. The lowest BCUT2D eigenvalue weighted by atomic mass is 10.1. The third-order valence-electron chi connectivity index (χ3n) is 5.46. The summed E-state index contributed by atoms with van der Waals surface area (Å²) in [5.41, 5.74) is 0.798. The van der Waals surface area contributed by atoms with Gasteiger partial charge in [-0.2, -0.15) is 0 Å². The minimum Gasteiger partial charge on any atom is -0.354 e. The molecule has 0 saturated carbocycles. The number of amides is 2. The molecule has 0 aliphatic carbocycles. The van der Waals surface area contributed by atoms with Crippen LogP contribution >= 0.6 is 15.9 Å². The number of sulfonamides is 1. The molecule has 0 spiro atoms. The number of nitrogens with zero attached hydrogens (tertiary/aromatic N) is 2. The van der Waals surface area contributed by atoms with E-state index in [1.807, 2.05) is 38.1 Å². The number of rotatable bonds is 12. The molecule has 0 radical (unpaired) electrons. The van der Waals surface area contributed by atoms with Crippen molar-refractivity contribution < 1.29 is 26.8 Å². The minimum atomic E-state index is -3.81. The standard InChI is InChI=1S/C25H32BrF2N3O4S/c1-17(2)15-29-25(33)18(3)30(16-19-7-9-20(26)10-8-19)24(32)6-5-13-31(36(4,34)35)21-11-12-22(27)23(28)14-21/h7-12,14,17-18H,5-6,13,15-16H2,1-4H3,(H,29,33). The van der Waals surface area contributed by atoms with Crippen LogP contribution in [0.2, 0.25) is 0 Å². The van der Waals surface area contributed by atoms with Gasteiger partial charge in [0.25, 0.3) is 0 Å². The molecule has 1 unspecified atom stereocenters. The van der Waals surface area contributed by atoms with E-state index >= 15 is 0 Å². The van der Waals surface area contributed by atoms with Crippen molar-refractivity contribution in [2.24, 2.45) is 5.92 Å². The lowest BCUT2D eigenvalue weighted by Crippen LogP contribution is -2.48. The maximum absolute atomic E-state index is 13.7. The zero-order valence-corrected chi connectivity index (χ0v) is 23.2. The highest BCUT2D eigenvalue weighted by atomic mass is 79.9. The summed E-state index contributed by atoms with van der Waals surface area (Å²) in [4.78, 5) is 27.4. The van der Waals surface area contributed by atoms with Crippen LogP contribution in [0, 0.1) is 17.6 Å². The second-order valence-corrected chi connectivity index (χ2v) is 11.8. The van der Waals surface area contributed by atoms with Gasteiger partial charge in [-0.15, -0.1) is 0 Å². The third kappa shape index (κ3) is 8.85. The van der Waals surface area contributed by atoms with Crippen molar-refractivity contribution in [2.45, 2.75) is 46.2 Å². The number of benzene rings is 2. The average molecular weight is 589 g/mol. The quantitative estimate of drug-likeness (QED) is 0.397. The molecule has 0 aromatic heterocycles. The molecule has 2 aromatic carbocycles. The van der Waals surface area contributed by atoms with Gasteiger partial charge in [0.05, 0.1) is 11.9 Å². The van der Waals surface area contributed by atoms with Crippen LogP contribution in [-0.2, 0) is 26.2 Å². The first kappa shape index (κ1) is 29.7. The molecule has 36 heavy (non-hydrogen) atoms. The first-order valence-electron chi connectivity index (χ1n) is 11.5. The van der Waals surface area contributed by atoms with Gasteiger partial charge in [-0.1, -0.05) is 41.9 Å². The highest BCUT2D eigenvalue weighted by Crippen LogP contribution is 2.22. The molecule has 0 aliphatic rings. The molecule has 0 heterocycles. The smallest absolute Gasteiger partial charge is 0.242 e. The predicted molar refractivity (Wildman–Crippen MR) is 140 cm³/mol. The molecule has 11 heteroatoms. The van der Waals surface area contributed by atoms with Crippen LogP contribution in [0.25, 0.3) is 0 Å². The summed E-state index contributed by atoms with van der Waals surface area (Å²) in [7, 11) is -3.81. The molecule has 1 N–H and O–H groups in total. The molecular weight excluding hydrogens is 556 g/mol. The van der Waals surface area contributed by atoms with Crippen molar-refractivity contribution in [3.05, 3.63) is 64.1 Å². The topological polar surface area (TPSA) is 86.8 Å². The molecule has 2 amide bonds. The van der Waals surface area contributed by atoms with E-state index in [0.29, 0.717) is 6.54 Å². The van der Waals surface area contributed by atoms with E-state index in [-0.39, 0.29) is 49.4 Å². The Morgan fingerprint density at radius 2 is 1.67 bits per heavy atom. The van der Waals surface area contributed by atoms with Crippen LogP contribution in [0.4, 0.5) is 14.5 Å². The summed E-state index contributed by atoms with van der Waals surface area (Å²) in [6, 6.07) is 9.44. The van der Waals surface area contributed by atoms with Gasteiger partial charge in [0, 0.05) is 36.6 Å². The van der Waals surface area contributed by atoms with Crippen molar-refractivity contribution in [3.63, 3.8) is 0 Å². The SMILES string of the molecule is CC(C)CNC(=O)C(C)N(Cc1ccc(Br)cc1)C(=O)CCCN(c1ccc(F)c(F)c1)S(C)(=O)=O. The summed E-state index contributed by atoms with van der Waals surface area (Å²) in [6.07, 6.45) is 1.02. The van der Waals surface area contributed by atoms with Gasteiger partial charge in [0.2, 0.25) is 21.8 Å². The Morgan fingerprint density at radius 3 is 2.22 bits per heavy atom. The number of anilines is 1. The summed E-state index contributed by atoms with van der Waals surface area (Å²) >= 11 is 3.38. The summed E-state index contributed by atoms with van der Waals surface area (Å²) in [5, 5.41) is 2.84. The van der Waals surface area contributed by atoms with E-state index in [1.54, 1.807) is 6.92 Å². The summed E-state index contributed by atoms with van der Waals surface area (Å²) < 4.78 is 53.4. The molecule has 198 valence electrons. The van der Waals surface area contributed by atoms with E-state index in [4.69, 9.17) is 0 Å². The van der Waals surface area contributed by atoms with E-state index in [9.17, 15) is 26.8 Å². The average Bonchev–Trinajstić information content (AvgIpc) is 2.80. The first-order chi connectivity index (χ1) is 16.8. The van der Waals surface area contributed by atoms with Crippen LogP contribution in [0.1, 0.15) is 39.2 Å². The van der Waals surface area contributed by atoms with Crippen molar-refractivity contribution in [1.29, 1.82) is 0 Å². The van der Waals surface area contributed by atoms with Crippen LogP contribution in [0.5, 0.6) is 0 Å². The second-order valence-electron chi connectivity index (χ2n) is 9.00. The largest absolute Gasteiger partial charge is 0.354 e. The Hall–Kier alpha value is -2.53. The van der Waals surface area contributed by atoms with Gasteiger partial charge in [-0.05, 0) is 49.1 Å². The number of nitrogens with one attached hydrogen (secondary N) is 1. The number of carbonyl (C=O) groups excluding carboxylic acids is 2. The van der Waals surface area contributed by atoms with Crippen LogP contribution in [0.15, 0.2) is 46.9 Å². The predicted octanol–water partition coefficient (Wildman–Crippen LogP) is 4.46. The fourth-order valence-corrected chi connectivity index (χ4v) is 4.69. The van der Waals surface area contributed by atoms with Crippen molar-refractivity contribution in [3.8, 4) is 0 Å². The van der Waals surface area contributed by atoms with E-state index in [0.717, 1.165) is 32.7 Å². The van der Waals surface area contributed by atoms with Crippen LogP contribution < -0.4 is 9.62 Å². The fraction of sp³-hybridized carbons (Fsp3) is 0.440. The zero-order valence-electron chi connectivity index (χ0n) is 20.8. The molecule has 2 rings (SSSR count). The highest BCUT2D eigenvalue weighted by Gasteiger charge is 2.27. The van der Waals surface area contributed by atoms with Crippen molar-refractivity contribution in [1.82, 2.24) is 10.2 Å². The Morgan fingerprint density at radius 1 is 1.03 bits per heavy atom. The maximum Gasteiger partial charge on any atom is 0.242 e. The molecule has 7 nitrogen and oxygen atoms in total. The van der Waals surface area contributed by atoms with Gasteiger partial charge in [0.15, 0.2) is 11.6 Å². The van der Waals surface area contributed by atoms with Crippen LogP contribution in [0.3, 0.4) is 0 Å². The Bertz CT molecular complexity index is 1160. The molecular formula is C25H32BrF2N3O4S. The molecule has 0 bridgehead atoms. The lowest BCUT2D eigenvalue weighted by Gasteiger charge is -2.29. The van der Waals surface area contributed by atoms with Crippen molar-refractivity contribution >= 4 is 43.5 Å². The van der Waals surface area contributed by atoms with E-state index in [2.05, 4.69) is 21.2 Å². The van der Waals surface area contributed by atoms with Crippen molar-refractivity contribution in [2.75, 3.05) is 23.7 Å². The Labute approximate surface area is 220 Å². The van der Waals surface area contributed by atoms with Gasteiger partial charge in [-0.25, -0.2) is 17.2 Å².